The van der Waals surface area contributed by atoms with Crippen molar-refractivity contribution in [2.24, 2.45) is 5.73 Å². The van der Waals surface area contributed by atoms with Crippen LogP contribution in [-0.2, 0) is 14.3 Å². The third-order valence-corrected chi connectivity index (χ3v) is 4.24. The number of carboxylic acid groups (broad SMARTS) is 1. The quantitative estimate of drug-likeness (QED) is 0.837. The smallest absolute Gasteiger partial charge is 0.326 e. The summed E-state index contributed by atoms with van der Waals surface area (Å²) < 4.78 is 5.15. The molecule has 0 aliphatic carbocycles. The van der Waals surface area contributed by atoms with Crippen LogP contribution in [0.25, 0.3) is 0 Å². The fourth-order valence-electron chi connectivity index (χ4n) is 2.21. The average Bonchev–Trinajstić information content (AvgIpc) is 3.05. The molecule has 1 aromatic heterocycles. The van der Waals surface area contributed by atoms with Gasteiger partial charge in [0.15, 0.2) is 0 Å². The summed E-state index contributed by atoms with van der Waals surface area (Å²) in [6, 6.07) is 1.91. The molecule has 1 aliphatic rings. The van der Waals surface area contributed by atoms with Crippen LogP contribution >= 0.6 is 11.3 Å². The number of hydrogen-bond acceptors (Lipinski definition) is 5. The van der Waals surface area contributed by atoms with Crippen molar-refractivity contribution in [3.05, 3.63) is 22.4 Å². The SMILES string of the molecule is COC1CC(C(=O)O)N(C(=O)C(N)c2cccs2)C1. The number of hydrogen-bond donors (Lipinski definition) is 2. The zero-order valence-electron chi connectivity index (χ0n) is 10.5. The van der Waals surface area contributed by atoms with Gasteiger partial charge in [-0.3, -0.25) is 4.79 Å². The summed E-state index contributed by atoms with van der Waals surface area (Å²) in [7, 11) is 1.51. The molecule has 6 nitrogen and oxygen atoms in total. The molecule has 1 fully saturated rings. The summed E-state index contributed by atoms with van der Waals surface area (Å²) in [5.41, 5.74) is 5.90. The van der Waals surface area contributed by atoms with Crippen LogP contribution in [0, 0.1) is 0 Å². The lowest BCUT2D eigenvalue weighted by Gasteiger charge is -2.24. The number of aliphatic carboxylic acids is 1. The zero-order chi connectivity index (χ0) is 14.0. The summed E-state index contributed by atoms with van der Waals surface area (Å²) >= 11 is 1.38. The van der Waals surface area contributed by atoms with Gasteiger partial charge in [-0.05, 0) is 11.4 Å². The number of carboxylic acids is 1. The molecule has 1 amide bonds. The highest BCUT2D eigenvalue weighted by Crippen LogP contribution is 2.25. The van der Waals surface area contributed by atoms with Crippen molar-refractivity contribution in [3.8, 4) is 0 Å². The highest BCUT2D eigenvalue weighted by Gasteiger charge is 2.41. The summed E-state index contributed by atoms with van der Waals surface area (Å²) in [6.45, 7) is 0.269. The molecule has 3 N–H and O–H groups in total. The molecular formula is C12H16N2O4S. The van der Waals surface area contributed by atoms with E-state index in [9.17, 15) is 14.7 Å². The van der Waals surface area contributed by atoms with E-state index in [2.05, 4.69) is 0 Å². The van der Waals surface area contributed by atoms with Gasteiger partial charge in [0, 0.05) is 25.0 Å². The first-order valence-corrected chi connectivity index (χ1v) is 6.77. The second-order valence-electron chi connectivity index (χ2n) is 4.43. The molecule has 1 aromatic rings. The highest BCUT2D eigenvalue weighted by atomic mass is 32.1. The number of rotatable bonds is 4. The Bertz CT molecular complexity index is 462. The van der Waals surface area contributed by atoms with Gasteiger partial charge in [-0.25, -0.2) is 4.79 Å². The fraction of sp³-hybridized carbons (Fsp3) is 0.500. The molecule has 2 heterocycles. The van der Waals surface area contributed by atoms with E-state index in [4.69, 9.17) is 10.5 Å². The van der Waals surface area contributed by atoms with Crippen molar-refractivity contribution in [3.63, 3.8) is 0 Å². The van der Waals surface area contributed by atoms with Gasteiger partial charge in [0.1, 0.15) is 12.1 Å². The van der Waals surface area contributed by atoms with Crippen LogP contribution in [0.4, 0.5) is 0 Å². The maximum atomic E-state index is 12.3. The summed E-state index contributed by atoms with van der Waals surface area (Å²) in [5, 5.41) is 11.0. The van der Waals surface area contributed by atoms with Gasteiger partial charge in [0.2, 0.25) is 5.91 Å². The lowest BCUT2D eigenvalue weighted by atomic mass is 10.2. The molecule has 0 aromatic carbocycles. The first-order chi connectivity index (χ1) is 9.04. The van der Waals surface area contributed by atoms with E-state index in [0.717, 1.165) is 4.88 Å². The third-order valence-electron chi connectivity index (χ3n) is 3.28. The molecular weight excluding hydrogens is 268 g/mol. The maximum Gasteiger partial charge on any atom is 0.326 e. The molecule has 1 saturated heterocycles. The predicted octanol–water partition coefficient (Wildman–Crippen LogP) is 0.448. The van der Waals surface area contributed by atoms with Gasteiger partial charge in [-0.15, -0.1) is 11.3 Å². The minimum Gasteiger partial charge on any atom is -0.480 e. The van der Waals surface area contributed by atoms with Gasteiger partial charge in [-0.2, -0.15) is 0 Å². The second kappa shape index (κ2) is 5.68. The Morgan fingerprint density at radius 2 is 2.37 bits per heavy atom. The Morgan fingerprint density at radius 1 is 1.63 bits per heavy atom. The van der Waals surface area contributed by atoms with E-state index < -0.39 is 18.1 Å². The number of amides is 1. The van der Waals surface area contributed by atoms with E-state index in [0.29, 0.717) is 6.42 Å². The van der Waals surface area contributed by atoms with Crippen molar-refractivity contribution in [1.82, 2.24) is 4.90 Å². The van der Waals surface area contributed by atoms with Gasteiger partial charge < -0.3 is 20.5 Å². The van der Waals surface area contributed by atoms with Crippen LogP contribution in [0.5, 0.6) is 0 Å². The number of thiophene rings is 1. The minimum atomic E-state index is -1.02. The first kappa shape index (κ1) is 14.0. The van der Waals surface area contributed by atoms with Crippen LogP contribution < -0.4 is 5.73 Å². The first-order valence-electron chi connectivity index (χ1n) is 5.89. The normalized spacial score (nSPS) is 24.4. The Morgan fingerprint density at radius 3 is 2.89 bits per heavy atom. The number of ether oxygens (including phenoxy) is 1. The Kier molecular flexibility index (Phi) is 4.18. The number of carbonyl (C=O) groups excluding carboxylic acids is 1. The number of methoxy groups -OCH3 is 1. The summed E-state index contributed by atoms with van der Waals surface area (Å²) in [5.74, 6) is -1.39. The van der Waals surface area contributed by atoms with Crippen LogP contribution in [-0.4, -0.2) is 47.7 Å². The van der Waals surface area contributed by atoms with Crippen molar-refractivity contribution in [1.29, 1.82) is 0 Å². The number of nitrogens with zero attached hydrogens (tertiary/aromatic N) is 1. The van der Waals surface area contributed by atoms with E-state index in [-0.39, 0.29) is 18.6 Å². The molecule has 0 radical (unpaired) electrons. The van der Waals surface area contributed by atoms with Crippen LogP contribution in [0.15, 0.2) is 17.5 Å². The van der Waals surface area contributed by atoms with Crippen molar-refractivity contribution in [2.75, 3.05) is 13.7 Å². The molecule has 0 spiro atoms. The van der Waals surface area contributed by atoms with E-state index in [1.807, 2.05) is 11.4 Å². The molecule has 3 atom stereocenters. The Labute approximate surface area is 114 Å². The minimum absolute atomic E-state index is 0.249. The molecule has 104 valence electrons. The topological polar surface area (TPSA) is 92.9 Å². The lowest BCUT2D eigenvalue weighted by molar-refractivity contribution is -0.148. The van der Waals surface area contributed by atoms with Gasteiger partial charge in [0.05, 0.1) is 6.10 Å². The van der Waals surface area contributed by atoms with Crippen molar-refractivity contribution >= 4 is 23.2 Å². The van der Waals surface area contributed by atoms with E-state index in [1.54, 1.807) is 6.07 Å². The van der Waals surface area contributed by atoms with Crippen LogP contribution in [0.1, 0.15) is 17.3 Å². The van der Waals surface area contributed by atoms with Gasteiger partial charge >= 0.3 is 5.97 Å². The predicted molar refractivity (Wildman–Crippen MR) is 69.8 cm³/mol. The molecule has 0 bridgehead atoms. The maximum absolute atomic E-state index is 12.3. The zero-order valence-corrected chi connectivity index (χ0v) is 11.3. The van der Waals surface area contributed by atoms with Crippen LogP contribution in [0.3, 0.4) is 0 Å². The van der Waals surface area contributed by atoms with Crippen LogP contribution in [0.2, 0.25) is 0 Å². The highest BCUT2D eigenvalue weighted by molar-refractivity contribution is 7.10. The number of nitrogens with two attached hydrogens (primary N) is 1. The summed E-state index contributed by atoms with van der Waals surface area (Å²) in [4.78, 5) is 25.5. The standard InChI is InChI=1S/C12H16N2O4S/c1-18-7-5-8(12(16)17)14(6-7)11(15)10(13)9-3-2-4-19-9/h2-4,7-8,10H,5-6,13H2,1H3,(H,16,17). The molecule has 0 saturated carbocycles. The van der Waals surface area contributed by atoms with Gasteiger partial charge in [0.25, 0.3) is 0 Å². The van der Waals surface area contributed by atoms with Gasteiger partial charge in [-0.1, -0.05) is 6.07 Å². The number of carbonyl (C=O) groups is 2. The Hall–Kier alpha value is -1.44. The molecule has 1 aliphatic heterocycles. The number of likely N-dealkylation sites (tertiary alicyclic amines) is 1. The van der Waals surface area contributed by atoms with Crippen molar-refractivity contribution < 1.29 is 19.4 Å². The average molecular weight is 284 g/mol. The second-order valence-corrected chi connectivity index (χ2v) is 5.41. The lowest BCUT2D eigenvalue weighted by Crippen LogP contribution is -2.44. The third kappa shape index (κ3) is 2.78. The molecule has 19 heavy (non-hydrogen) atoms. The fourth-order valence-corrected chi connectivity index (χ4v) is 2.93. The Balaban J connectivity index is 2.15. The van der Waals surface area contributed by atoms with Crippen molar-refractivity contribution in [2.45, 2.75) is 24.6 Å². The monoisotopic (exact) mass is 284 g/mol. The summed E-state index contributed by atoms with van der Waals surface area (Å²) in [6.07, 6.45) is 0.0509. The molecule has 7 heteroatoms. The largest absolute Gasteiger partial charge is 0.480 e. The molecule has 2 rings (SSSR count). The van der Waals surface area contributed by atoms with E-state index in [1.165, 1.54) is 23.3 Å². The molecule has 3 unspecified atom stereocenters. The van der Waals surface area contributed by atoms with E-state index >= 15 is 0 Å².